The lowest BCUT2D eigenvalue weighted by atomic mass is 9.99. The molecule has 2 saturated heterocycles. The minimum Gasteiger partial charge on any atom is -0.377 e. The summed E-state index contributed by atoms with van der Waals surface area (Å²) < 4.78 is 33.4. The Morgan fingerprint density at radius 3 is 2.53 bits per heavy atom. The highest BCUT2D eigenvalue weighted by atomic mass is 32.2. The number of fused-ring (bicyclic) bond motifs is 3. The SMILES string of the molecule is O=c1[nH]c2c(c3ccccc13)CCN(S(=O)(=O)CCN1CCN(CC3CCCO3)CC1)C2. The summed E-state index contributed by atoms with van der Waals surface area (Å²) in [6.45, 7) is 6.84. The summed E-state index contributed by atoms with van der Waals surface area (Å²) in [5, 5.41) is 1.60. The van der Waals surface area contributed by atoms with Crippen molar-refractivity contribution in [2.45, 2.75) is 31.9 Å². The molecule has 1 atom stereocenters. The minimum atomic E-state index is -3.39. The average Bonchev–Trinajstić information content (AvgIpc) is 3.32. The lowest BCUT2D eigenvalue weighted by molar-refractivity contribution is 0.0516. The summed E-state index contributed by atoms with van der Waals surface area (Å²) in [5.41, 5.74) is 1.64. The number of nitrogens with one attached hydrogen (secondary N) is 1. The molecule has 4 heterocycles. The number of aromatic amines is 1. The van der Waals surface area contributed by atoms with Gasteiger partial charge in [0.15, 0.2) is 0 Å². The zero-order valence-corrected chi connectivity index (χ0v) is 19.3. The van der Waals surface area contributed by atoms with Gasteiger partial charge in [-0.1, -0.05) is 18.2 Å². The Hall–Kier alpha value is -1.78. The van der Waals surface area contributed by atoms with Gasteiger partial charge >= 0.3 is 0 Å². The summed E-state index contributed by atoms with van der Waals surface area (Å²) in [6.07, 6.45) is 3.30. The molecule has 1 aromatic heterocycles. The molecule has 0 bridgehead atoms. The third kappa shape index (κ3) is 4.63. The molecule has 1 unspecified atom stereocenters. The fourth-order valence-electron chi connectivity index (χ4n) is 5.18. The molecule has 0 spiro atoms. The van der Waals surface area contributed by atoms with Crippen LogP contribution in [0.1, 0.15) is 24.1 Å². The van der Waals surface area contributed by atoms with Gasteiger partial charge in [0.1, 0.15) is 0 Å². The maximum Gasteiger partial charge on any atom is 0.256 e. The monoisotopic (exact) mass is 460 g/mol. The third-order valence-corrected chi connectivity index (χ3v) is 8.88. The number of piperazine rings is 1. The fraction of sp³-hybridized carbons (Fsp3) is 0.609. The van der Waals surface area contributed by atoms with E-state index in [-0.39, 0.29) is 17.9 Å². The van der Waals surface area contributed by atoms with Gasteiger partial charge < -0.3 is 9.72 Å². The number of pyridine rings is 1. The van der Waals surface area contributed by atoms with Gasteiger partial charge in [0.25, 0.3) is 5.56 Å². The van der Waals surface area contributed by atoms with Crippen molar-refractivity contribution < 1.29 is 13.2 Å². The molecule has 3 aliphatic heterocycles. The first-order valence-electron chi connectivity index (χ1n) is 11.7. The van der Waals surface area contributed by atoms with E-state index in [1.807, 2.05) is 24.3 Å². The van der Waals surface area contributed by atoms with E-state index in [9.17, 15) is 13.2 Å². The summed E-state index contributed by atoms with van der Waals surface area (Å²) in [6, 6.07) is 7.54. The van der Waals surface area contributed by atoms with Crippen LogP contribution in [-0.4, -0.2) is 91.8 Å². The molecule has 0 radical (unpaired) electrons. The largest absolute Gasteiger partial charge is 0.377 e. The third-order valence-electron chi connectivity index (χ3n) is 7.08. The standard InChI is InChI=1S/C23H32N4O4S/c28-23-21-6-2-1-5-19(21)20-7-8-27(17-22(20)24-23)32(29,30)15-13-25-9-11-26(12-10-25)16-18-4-3-14-31-18/h1-2,5-6,18H,3-4,7-17H2,(H,24,28). The normalized spacial score (nSPS) is 23.6. The molecule has 0 amide bonds. The van der Waals surface area contributed by atoms with Gasteiger partial charge in [0, 0.05) is 63.5 Å². The van der Waals surface area contributed by atoms with Crippen LogP contribution in [0.25, 0.3) is 10.8 Å². The van der Waals surface area contributed by atoms with Crippen molar-refractivity contribution in [2.24, 2.45) is 0 Å². The van der Waals surface area contributed by atoms with E-state index in [1.165, 1.54) is 4.31 Å². The van der Waals surface area contributed by atoms with Crippen molar-refractivity contribution in [2.75, 3.05) is 58.2 Å². The summed E-state index contributed by atoms with van der Waals surface area (Å²) in [4.78, 5) is 20.0. The molecule has 1 N–H and O–H groups in total. The van der Waals surface area contributed by atoms with Crippen LogP contribution in [0, 0.1) is 0 Å². The number of nitrogens with zero attached hydrogens (tertiary/aromatic N) is 3. The number of hydrogen-bond acceptors (Lipinski definition) is 6. The molecule has 174 valence electrons. The van der Waals surface area contributed by atoms with Crippen molar-refractivity contribution in [3.8, 4) is 0 Å². The van der Waals surface area contributed by atoms with Crippen molar-refractivity contribution in [3.63, 3.8) is 0 Å². The lowest BCUT2D eigenvalue weighted by Crippen LogP contribution is -2.50. The highest BCUT2D eigenvalue weighted by Gasteiger charge is 2.30. The molecule has 9 heteroatoms. The highest BCUT2D eigenvalue weighted by molar-refractivity contribution is 7.89. The Balaban J connectivity index is 1.17. The molecule has 2 fully saturated rings. The zero-order valence-electron chi connectivity index (χ0n) is 18.5. The Labute approximate surface area is 189 Å². The van der Waals surface area contributed by atoms with Crippen LogP contribution in [0.4, 0.5) is 0 Å². The second-order valence-electron chi connectivity index (χ2n) is 9.13. The fourth-order valence-corrected chi connectivity index (χ4v) is 6.62. The van der Waals surface area contributed by atoms with Crippen molar-refractivity contribution in [3.05, 3.63) is 45.9 Å². The van der Waals surface area contributed by atoms with Gasteiger partial charge in [-0.05, 0) is 36.3 Å². The van der Waals surface area contributed by atoms with Gasteiger partial charge in [-0.25, -0.2) is 8.42 Å². The Morgan fingerprint density at radius 2 is 1.78 bits per heavy atom. The van der Waals surface area contributed by atoms with Gasteiger partial charge in [-0.2, -0.15) is 4.31 Å². The highest BCUT2D eigenvalue weighted by Crippen LogP contribution is 2.25. The van der Waals surface area contributed by atoms with E-state index in [2.05, 4.69) is 14.8 Å². The van der Waals surface area contributed by atoms with Gasteiger partial charge in [-0.3, -0.25) is 14.6 Å². The van der Waals surface area contributed by atoms with Crippen LogP contribution in [0.15, 0.2) is 29.1 Å². The number of rotatable bonds is 6. The zero-order chi connectivity index (χ0) is 22.1. The van der Waals surface area contributed by atoms with Crippen molar-refractivity contribution >= 4 is 20.8 Å². The topological polar surface area (TPSA) is 86.0 Å². The molecule has 3 aliphatic rings. The quantitative estimate of drug-likeness (QED) is 0.693. The minimum absolute atomic E-state index is 0.117. The lowest BCUT2D eigenvalue weighted by Gasteiger charge is -2.36. The molecule has 2 aromatic rings. The van der Waals surface area contributed by atoms with Gasteiger partial charge in [0.05, 0.1) is 18.4 Å². The average molecular weight is 461 g/mol. The number of ether oxygens (including phenoxy) is 1. The first-order chi connectivity index (χ1) is 15.5. The van der Waals surface area contributed by atoms with E-state index in [0.29, 0.717) is 31.0 Å². The maximum atomic E-state index is 13.1. The molecule has 1 aromatic carbocycles. The molecule has 8 nitrogen and oxygen atoms in total. The smallest absolute Gasteiger partial charge is 0.256 e. The number of hydrogen-bond donors (Lipinski definition) is 1. The number of aromatic nitrogens is 1. The number of sulfonamides is 1. The van der Waals surface area contributed by atoms with Gasteiger partial charge in [0.2, 0.25) is 10.0 Å². The second kappa shape index (κ2) is 9.23. The number of benzene rings is 1. The Morgan fingerprint density at radius 1 is 1.03 bits per heavy atom. The van der Waals surface area contributed by atoms with E-state index in [0.717, 1.165) is 68.8 Å². The summed E-state index contributed by atoms with van der Waals surface area (Å²) >= 11 is 0. The predicted molar refractivity (Wildman–Crippen MR) is 124 cm³/mol. The van der Waals surface area contributed by atoms with Crippen LogP contribution in [0.2, 0.25) is 0 Å². The predicted octanol–water partition coefficient (Wildman–Crippen LogP) is 1.01. The molecule has 32 heavy (non-hydrogen) atoms. The summed E-state index contributed by atoms with van der Waals surface area (Å²) in [5.74, 6) is 0.117. The van der Waals surface area contributed by atoms with Crippen LogP contribution < -0.4 is 5.56 Å². The first-order valence-corrected chi connectivity index (χ1v) is 13.3. The van der Waals surface area contributed by atoms with Crippen molar-refractivity contribution in [1.82, 2.24) is 19.1 Å². The van der Waals surface area contributed by atoms with E-state index >= 15 is 0 Å². The molecule has 0 saturated carbocycles. The second-order valence-corrected chi connectivity index (χ2v) is 11.2. The van der Waals surface area contributed by atoms with Crippen LogP contribution in [0.5, 0.6) is 0 Å². The van der Waals surface area contributed by atoms with Crippen LogP contribution in [0.3, 0.4) is 0 Å². The maximum absolute atomic E-state index is 13.1. The summed E-state index contributed by atoms with van der Waals surface area (Å²) in [7, 11) is -3.39. The van der Waals surface area contributed by atoms with Crippen molar-refractivity contribution in [1.29, 1.82) is 0 Å². The molecular formula is C23H32N4O4S. The number of H-pyrrole nitrogens is 1. The molecule has 0 aliphatic carbocycles. The molecular weight excluding hydrogens is 428 g/mol. The first kappa shape index (κ1) is 22.0. The van der Waals surface area contributed by atoms with Crippen LogP contribution >= 0.6 is 0 Å². The molecule has 5 rings (SSSR count). The van der Waals surface area contributed by atoms with Gasteiger partial charge in [-0.15, -0.1) is 0 Å². The van der Waals surface area contributed by atoms with Crippen LogP contribution in [-0.2, 0) is 27.7 Å². The van der Waals surface area contributed by atoms with E-state index in [1.54, 1.807) is 0 Å². The van der Waals surface area contributed by atoms with E-state index in [4.69, 9.17) is 4.74 Å². The van der Waals surface area contributed by atoms with E-state index < -0.39 is 10.0 Å². The Kier molecular flexibility index (Phi) is 6.35. The Bertz CT molecular complexity index is 1120.